The number of benzene rings is 1. The third kappa shape index (κ3) is 4.18. The topological polar surface area (TPSA) is 89.5 Å². The molecule has 0 fully saturated rings. The lowest BCUT2D eigenvalue weighted by Crippen LogP contribution is -2.27. The van der Waals surface area contributed by atoms with Crippen LogP contribution in [0, 0.1) is 17.0 Å². The maximum atomic E-state index is 12.2. The molecule has 2 heterocycles. The summed E-state index contributed by atoms with van der Waals surface area (Å²) in [6, 6.07) is 8.28. The Kier molecular flexibility index (Phi) is 5.05. The second kappa shape index (κ2) is 7.24. The predicted octanol–water partition coefficient (Wildman–Crippen LogP) is 3.86. The van der Waals surface area contributed by atoms with E-state index in [2.05, 4.69) is 4.98 Å². The van der Waals surface area contributed by atoms with Crippen LogP contribution in [0.5, 0.6) is 0 Å². The minimum Gasteiger partial charge on any atom is -0.464 e. The molecular formula is C16H15N3O4S2. The van der Waals surface area contributed by atoms with Crippen LogP contribution in [0.15, 0.2) is 39.1 Å². The molecule has 7 nitrogen and oxygen atoms in total. The van der Waals surface area contributed by atoms with Gasteiger partial charge in [-0.15, -0.1) is 11.3 Å². The first kappa shape index (κ1) is 17.4. The van der Waals surface area contributed by atoms with Crippen molar-refractivity contribution in [2.45, 2.75) is 17.8 Å². The highest BCUT2D eigenvalue weighted by molar-refractivity contribution is 8.01. The summed E-state index contributed by atoms with van der Waals surface area (Å²) in [5, 5.41) is 10.8. The number of nitrogens with zero attached hydrogens (tertiary/aromatic N) is 3. The van der Waals surface area contributed by atoms with Gasteiger partial charge in [-0.05, 0) is 25.1 Å². The van der Waals surface area contributed by atoms with E-state index in [0.717, 1.165) is 16.2 Å². The van der Waals surface area contributed by atoms with Crippen molar-refractivity contribution in [1.29, 1.82) is 0 Å². The summed E-state index contributed by atoms with van der Waals surface area (Å²) >= 11 is 2.68. The van der Waals surface area contributed by atoms with E-state index in [0.29, 0.717) is 16.4 Å². The summed E-state index contributed by atoms with van der Waals surface area (Å²) in [5.41, 5.74) is 0.738. The molecule has 1 amide bonds. The predicted molar refractivity (Wildman–Crippen MR) is 96.9 cm³/mol. The fourth-order valence-electron chi connectivity index (χ4n) is 2.19. The van der Waals surface area contributed by atoms with Gasteiger partial charge in [0.2, 0.25) is 5.91 Å². The lowest BCUT2D eigenvalue weighted by atomic mass is 10.3. The van der Waals surface area contributed by atoms with E-state index in [1.807, 2.05) is 19.1 Å². The quantitative estimate of drug-likeness (QED) is 0.368. The smallest absolute Gasteiger partial charge is 0.270 e. The van der Waals surface area contributed by atoms with Crippen LogP contribution in [-0.2, 0) is 11.3 Å². The third-order valence-electron chi connectivity index (χ3n) is 3.50. The van der Waals surface area contributed by atoms with Gasteiger partial charge in [0.15, 0.2) is 4.34 Å². The number of carbonyl (C=O) groups is 1. The molecule has 0 saturated heterocycles. The molecule has 3 rings (SSSR count). The molecule has 2 aromatic heterocycles. The molecule has 0 saturated carbocycles. The van der Waals surface area contributed by atoms with E-state index in [-0.39, 0.29) is 17.3 Å². The van der Waals surface area contributed by atoms with Gasteiger partial charge >= 0.3 is 0 Å². The van der Waals surface area contributed by atoms with Gasteiger partial charge in [0, 0.05) is 19.2 Å². The van der Waals surface area contributed by atoms with Gasteiger partial charge < -0.3 is 9.32 Å². The van der Waals surface area contributed by atoms with Gasteiger partial charge in [-0.1, -0.05) is 11.8 Å². The van der Waals surface area contributed by atoms with E-state index in [4.69, 9.17) is 4.42 Å². The monoisotopic (exact) mass is 377 g/mol. The van der Waals surface area contributed by atoms with Gasteiger partial charge in [0.25, 0.3) is 5.69 Å². The van der Waals surface area contributed by atoms with Crippen molar-refractivity contribution < 1.29 is 14.1 Å². The van der Waals surface area contributed by atoms with E-state index in [1.54, 1.807) is 18.0 Å². The number of aryl methyl sites for hydroxylation is 1. The van der Waals surface area contributed by atoms with Crippen LogP contribution in [0.1, 0.15) is 11.5 Å². The van der Waals surface area contributed by atoms with Crippen LogP contribution < -0.4 is 0 Å². The largest absolute Gasteiger partial charge is 0.464 e. The Bertz CT molecular complexity index is 935. The third-order valence-corrected chi connectivity index (χ3v) is 5.64. The van der Waals surface area contributed by atoms with Gasteiger partial charge in [-0.3, -0.25) is 14.9 Å². The second-order valence-corrected chi connectivity index (χ2v) is 7.69. The number of hydrogen-bond donors (Lipinski definition) is 0. The summed E-state index contributed by atoms with van der Waals surface area (Å²) in [7, 11) is 1.72. The first-order valence-corrected chi connectivity index (χ1v) is 9.19. The summed E-state index contributed by atoms with van der Waals surface area (Å²) < 4.78 is 6.92. The number of fused-ring (bicyclic) bond motifs is 1. The van der Waals surface area contributed by atoms with Crippen molar-refractivity contribution in [3.8, 4) is 0 Å². The molecule has 0 radical (unpaired) electrons. The average Bonchev–Trinajstić information content (AvgIpc) is 3.17. The standard InChI is InChI=1S/C16H15N3O4S2/c1-10-3-5-12(23-10)8-18(2)15(20)9-24-16-17-13-6-4-11(19(21)22)7-14(13)25-16/h3-7H,8-9H2,1-2H3. The fraction of sp³-hybridized carbons (Fsp3) is 0.250. The van der Waals surface area contributed by atoms with Crippen molar-refractivity contribution >= 4 is 44.9 Å². The zero-order valence-corrected chi connectivity index (χ0v) is 15.2. The molecule has 130 valence electrons. The Balaban J connectivity index is 1.61. The summed E-state index contributed by atoms with van der Waals surface area (Å²) in [4.78, 5) is 28.6. The molecule has 9 heteroatoms. The molecule has 1 aromatic carbocycles. The number of nitro groups is 1. The number of amides is 1. The average molecular weight is 377 g/mol. The maximum absolute atomic E-state index is 12.2. The Morgan fingerprint density at radius 2 is 2.20 bits per heavy atom. The second-order valence-electron chi connectivity index (χ2n) is 5.44. The zero-order valence-electron chi connectivity index (χ0n) is 13.6. The highest BCUT2D eigenvalue weighted by Crippen LogP contribution is 2.31. The van der Waals surface area contributed by atoms with E-state index >= 15 is 0 Å². The molecular weight excluding hydrogens is 362 g/mol. The maximum Gasteiger partial charge on any atom is 0.270 e. The number of rotatable bonds is 6. The molecule has 0 spiro atoms. The molecule has 0 unspecified atom stereocenters. The molecule has 0 aliphatic heterocycles. The fourth-order valence-corrected chi connectivity index (χ4v) is 4.24. The van der Waals surface area contributed by atoms with Crippen LogP contribution in [0.25, 0.3) is 10.2 Å². The van der Waals surface area contributed by atoms with Crippen LogP contribution in [0.2, 0.25) is 0 Å². The molecule has 0 bridgehead atoms. The molecule has 0 aliphatic rings. The Hall–Kier alpha value is -2.39. The number of aromatic nitrogens is 1. The van der Waals surface area contributed by atoms with Gasteiger partial charge in [-0.25, -0.2) is 4.98 Å². The van der Waals surface area contributed by atoms with Gasteiger partial charge in [-0.2, -0.15) is 0 Å². The number of thioether (sulfide) groups is 1. The van der Waals surface area contributed by atoms with E-state index < -0.39 is 4.92 Å². The Morgan fingerprint density at radius 1 is 1.40 bits per heavy atom. The van der Waals surface area contributed by atoms with Crippen molar-refractivity contribution in [3.63, 3.8) is 0 Å². The normalized spacial score (nSPS) is 11.0. The number of non-ortho nitro benzene ring substituents is 1. The van der Waals surface area contributed by atoms with Crippen LogP contribution >= 0.6 is 23.1 Å². The van der Waals surface area contributed by atoms with Crippen LogP contribution in [-0.4, -0.2) is 33.5 Å². The number of furan rings is 1. The Labute approximate surface area is 151 Å². The number of thiazole rings is 1. The number of nitro benzene ring substituents is 1. The van der Waals surface area contributed by atoms with Gasteiger partial charge in [0.1, 0.15) is 11.5 Å². The lowest BCUT2D eigenvalue weighted by Gasteiger charge is -2.14. The Morgan fingerprint density at radius 3 is 2.88 bits per heavy atom. The SMILES string of the molecule is Cc1ccc(CN(C)C(=O)CSc2nc3ccc([N+](=O)[O-])cc3s2)o1. The zero-order chi connectivity index (χ0) is 18.0. The number of hydrogen-bond acceptors (Lipinski definition) is 7. The highest BCUT2D eigenvalue weighted by Gasteiger charge is 2.14. The van der Waals surface area contributed by atoms with Crippen molar-refractivity contribution in [3.05, 3.63) is 52.0 Å². The number of carbonyl (C=O) groups excluding carboxylic acids is 1. The molecule has 0 atom stereocenters. The van der Waals surface area contributed by atoms with Crippen molar-refractivity contribution in [2.75, 3.05) is 12.8 Å². The minimum absolute atomic E-state index is 0.0377. The first-order valence-electron chi connectivity index (χ1n) is 7.39. The highest BCUT2D eigenvalue weighted by atomic mass is 32.2. The minimum atomic E-state index is -0.430. The van der Waals surface area contributed by atoms with Crippen LogP contribution in [0.3, 0.4) is 0 Å². The van der Waals surface area contributed by atoms with Crippen molar-refractivity contribution in [2.24, 2.45) is 0 Å². The summed E-state index contributed by atoms with van der Waals surface area (Å²) in [5.74, 6) is 1.77. The van der Waals surface area contributed by atoms with Crippen LogP contribution in [0.4, 0.5) is 5.69 Å². The van der Waals surface area contributed by atoms with Gasteiger partial charge in [0.05, 0.1) is 27.4 Å². The molecule has 25 heavy (non-hydrogen) atoms. The summed E-state index contributed by atoms with van der Waals surface area (Å²) in [6.45, 7) is 2.28. The molecule has 0 aliphatic carbocycles. The molecule has 0 N–H and O–H groups in total. The van der Waals surface area contributed by atoms with E-state index in [9.17, 15) is 14.9 Å². The van der Waals surface area contributed by atoms with Crippen molar-refractivity contribution in [1.82, 2.24) is 9.88 Å². The summed E-state index contributed by atoms with van der Waals surface area (Å²) in [6.07, 6.45) is 0. The lowest BCUT2D eigenvalue weighted by molar-refractivity contribution is -0.384. The molecule has 3 aromatic rings. The first-order chi connectivity index (χ1) is 11.9. The van der Waals surface area contributed by atoms with E-state index in [1.165, 1.54) is 35.2 Å².